The van der Waals surface area contributed by atoms with E-state index in [1.54, 1.807) is 38.5 Å². The second-order valence-corrected chi connectivity index (χ2v) is 13.8. The third-order valence-corrected chi connectivity index (χ3v) is 11.8. The first-order chi connectivity index (χ1) is 14.3. The maximum Gasteiger partial charge on any atom is -0.0271 e. The maximum atomic E-state index is 2.58. The summed E-state index contributed by atoms with van der Waals surface area (Å²) < 4.78 is 0. The van der Waals surface area contributed by atoms with Crippen molar-refractivity contribution in [1.29, 1.82) is 0 Å². The Balaban J connectivity index is 0.000000114. The van der Waals surface area contributed by atoms with E-state index in [9.17, 15) is 0 Å². The molecule has 0 unspecified atom stereocenters. The molecule has 0 heterocycles. The van der Waals surface area contributed by atoms with Crippen molar-refractivity contribution in [3.8, 4) is 0 Å². The molecule has 0 aromatic heterocycles. The maximum absolute atomic E-state index is 2.58. The molecule has 7 rings (SSSR count). The van der Waals surface area contributed by atoms with Gasteiger partial charge in [0.15, 0.2) is 0 Å². The molecule has 0 saturated heterocycles. The van der Waals surface area contributed by atoms with Gasteiger partial charge >= 0.3 is 0 Å². The first-order valence-electron chi connectivity index (χ1n) is 14.3. The molecular weight excluding hydrogens is 360 g/mol. The first kappa shape index (κ1) is 23.2. The smallest absolute Gasteiger partial charge is 0.0271 e. The number of fused-ring (bicyclic) bond motifs is 2. The van der Waals surface area contributed by atoms with Gasteiger partial charge in [0.1, 0.15) is 0 Å². The van der Waals surface area contributed by atoms with E-state index in [2.05, 4.69) is 34.6 Å². The van der Waals surface area contributed by atoms with E-state index in [0.29, 0.717) is 0 Å². The van der Waals surface area contributed by atoms with Crippen molar-refractivity contribution in [1.82, 2.24) is 0 Å². The van der Waals surface area contributed by atoms with Crippen LogP contribution in [0.2, 0.25) is 0 Å². The summed E-state index contributed by atoms with van der Waals surface area (Å²) in [5.74, 6) is 5.63. The van der Waals surface area contributed by atoms with Gasteiger partial charge in [-0.2, -0.15) is 0 Å². The summed E-state index contributed by atoms with van der Waals surface area (Å²) in [7, 11) is 0. The lowest BCUT2D eigenvalue weighted by molar-refractivity contribution is -0.1000. The summed E-state index contributed by atoms with van der Waals surface area (Å²) >= 11 is 0. The molecule has 0 aromatic carbocycles. The van der Waals surface area contributed by atoms with E-state index in [1.807, 2.05) is 0 Å². The molecular formula is C30H54. The van der Waals surface area contributed by atoms with E-state index >= 15 is 0 Å². The van der Waals surface area contributed by atoms with E-state index < -0.39 is 0 Å². The Morgan fingerprint density at radius 2 is 1.13 bits per heavy atom. The highest BCUT2D eigenvalue weighted by atomic mass is 14.6. The minimum absolute atomic E-state index is 0.720. The van der Waals surface area contributed by atoms with E-state index in [-0.39, 0.29) is 0 Å². The summed E-state index contributed by atoms with van der Waals surface area (Å²) in [4.78, 5) is 0. The molecule has 0 nitrogen and oxygen atoms in total. The Morgan fingerprint density at radius 3 is 1.43 bits per heavy atom. The van der Waals surface area contributed by atoms with Crippen molar-refractivity contribution in [2.45, 2.75) is 144 Å². The summed E-state index contributed by atoms with van der Waals surface area (Å²) in [6.07, 6.45) is 25.8. The minimum atomic E-state index is 0.720. The molecule has 0 aromatic rings. The van der Waals surface area contributed by atoms with Crippen molar-refractivity contribution in [3.63, 3.8) is 0 Å². The van der Waals surface area contributed by atoms with Crippen molar-refractivity contribution < 1.29 is 0 Å². The first-order valence-corrected chi connectivity index (χ1v) is 14.3. The molecule has 0 radical (unpaired) electrons. The Morgan fingerprint density at radius 1 is 0.600 bits per heavy atom. The minimum Gasteiger partial charge on any atom is -0.0649 e. The highest BCUT2D eigenvalue weighted by Crippen LogP contribution is 2.63. The summed E-state index contributed by atoms with van der Waals surface area (Å²) in [6, 6.07) is 0. The van der Waals surface area contributed by atoms with Gasteiger partial charge in [0.05, 0.1) is 0 Å². The van der Waals surface area contributed by atoms with Crippen LogP contribution in [0.5, 0.6) is 0 Å². The van der Waals surface area contributed by atoms with Gasteiger partial charge in [-0.1, -0.05) is 66.7 Å². The Kier molecular flexibility index (Phi) is 7.02. The molecule has 0 amide bonds. The van der Waals surface area contributed by atoms with Crippen molar-refractivity contribution in [2.24, 2.45) is 45.8 Å². The van der Waals surface area contributed by atoms with Crippen molar-refractivity contribution in [2.75, 3.05) is 0 Å². The second kappa shape index (κ2) is 9.09. The predicted molar refractivity (Wildman–Crippen MR) is 132 cm³/mol. The molecule has 7 saturated carbocycles. The molecule has 6 bridgehead atoms. The summed E-state index contributed by atoms with van der Waals surface area (Å²) in [5, 5.41) is 0. The van der Waals surface area contributed by atoms with Crippen LogP contribution in [0.3, 0.4) is 0 Å². The summed E-state index contributed by atoms with van der Waals surface area (Å²) in [6.45, 7) is 12.2. The van der Waals surface area contributed by atoms with Gasteiger partial charge in [0.2, 0.25) is 0 Å². The van der Waals surface area contributed by atoms with Crippen LogP contribution in [0.1, 0.15) is 144 Å². The van der Waals surface area contributed by atoms with Gasteiger partial charge in [0, 0.05) is 0 Å². The quantitative estimate of drug-likeness (QED) is 0.421. The summed E-state index contributed by atoms with van der Waals surface area (Å²) in [5.41, 5.74) is 2.27. The molecule has 174 valence electrons. The standard InChI is InChI=1S/C13H22.C9H18.C8H14/c1-3-13(2)11-5-9-4-10(7-11)8-12(13)6-9;1-3-9(2)7-5-4-6-8-9;1-8-4-2-7(6-8)3-5-8/h9-12H,3-8H2,1-2H3;3-8H2,1-2H3;7H,2-6H2,1H3. The predicted octanol–water partition coefficient (Wildman–Crippen LogP) is 9.81. The second-order valence-electron chi connectivity index (χ2n) is 13.8. The third kappa shape index (κ3) is 4.83. The zero-order valence-electron chi connectivity index (χ0n) is 21.4. The lowest BCUT2D eigenvalue weighted by Gasteiger charge is -2.60. The zero-order valence-corrected chi connectivity index (χ0v) is 21.4. The average Bonchev–Trinajstić information content (AvgIpc) is 3.31. The van der Waals surface area contributed by atoms with Gasteiger partial charge < -0.3 is 0 Å². The van der Waals surface area contributed by atoms with E-state index in [1.165, 1.54) is 70.6 Å². The molecule has 30 heavy (non-hydrogen) atoms. The monoisotopic (exact) mass is 414 g/mol. The fourth-order valence-electron chi connectivity index (χ4n) is 9.08. The fraction of sp³-hybridized carbons (Fsp3) is 1.00. The lowest BCUT2D eigenvalue weighted by atomic mass is 9.45. The topological polar surface area (TPSA) is 0 Å². The van der Waals surface area contributed by atoms with E-state index in [4.69, 9.17) is 0 Å². The van der Waals surface area contributed by atoms with E-state index in [0.717, 1.165) is 45.8 Å². The van der Waals surface area contributed by atoms with Crippen LogP contribution in [-0.2, 0) is 0 Å². The van der Waals surface area contributed by atoms with Gasteiger partial charge in [-0.3, -0.25) is 0 Å². The Hall–Kier alpha value is 0. The lowest BCUT2D eigenvalue weighted by Crippen LogP contribution is -2.51. The Labute approximate surface area is 189 Å². The zero-order chi connectivity index (χ0) is 21.4. The number of hydrogen-bond donors (Lipinski definition) is 0. The van der Waals surface area contributed by atoms with Gasteiger partial charge in [0.25, 0.3) is 0 Å². The van der Waals surface area contributed by atoms with Crippen LogP contribution in [0.15, 0.2) is 0 Å². The van der Waals surface area contributed by atoms with Gasteiger partial charge in [-0.25, -0.2) is 0 Å². The van der Waals surface area contributed by atoms with Crippen LogP contribution in [0.4, 0.5) is 0 Å². The van der Waals surface area contributed by atoms with Crippen molar-refractivity contribution in [3.05, 3.63) is 0 Å². The van der Waals surface area contributed by atoms with Crippen LogP contribution in [0.25, 0.3) is 0 Å². The van der Waals surface area contributed by atoms with Crippen molar-refractivity contribution >= 4 is 0 Å². The molecule has 7 aliphatic rings. The highest BCUT2D eigenvalue weighted by molar-refractivity contribution is 5.03. The molecule has 0 heteroatoms. The highest BCUT2D eigenvalue weighted by Gasteiger charge is 2.53. The molecule has 0 aliphatic heterocycles. The van der Waals surface area contributed by atoms with Crippen LogP contribution in [0, 0.1) is 45.8 Å². The van der Waals surface area contributed by atoms with Crippen LogP contribution >= 0.6 is 0 Å². The third-order valence-electron chi connectivity index (χ3n) is 11.8. The largest absolute Gasteiger partial charge is 0.0649 e. The van der Waals surface area contributed by atoms with Gasteiger partial charge in [-0.05, 0) is 123 Å². The van der Waals surface area contributed by atoms with Crippen LogP contribution in [-0.4, -0.2) is 0 Å². The van der Waals surface area contributed by atoms with Gasteiger partial charge in [-0.15, -0.1) is 0 Å². The molecule has 0 spiro atoms. The fourth-order valence-corrected chi connectivity index (χ4v) is 9.08. The average molecular weight is 415 g/mol. The molecule has 7 fully saturated rings. The van der Waals surface area contributed by atoms with Crippen LogP contribution < -0.4 is 0 Å². The molecule has 0 atom stereocenters. The normalized spacial score (nSPS) is 47.3. The Bertz CT molecular complexity index is 514. The molecule has 7 aliphatic carbocycles. The molecule has 0 N–H and O–H groups in total. The number of rotatable bonds is 2. The SMILES string of the molecule is CC12CCC(CC1)C2.CCC1(C)C2CC3CC(C2)CC1C3.CCC1(C)CCCCC1. The number of hydrogen-bond acceptors (Lipinski definition) is 0.